The van der Waals surface area contributed by atoms with Gasteiger partial charge in [-0.3, -0.25) is 4.79 Å². The number of thiazole rings is 1. The third-order valence-corrected chi connectivity index (χ3v) is 5.90. The first-order valence-electron chi connectivity index (χ1n) is 8.27. The third-order valence-electron chi connectivity index (χ3n) is 5.21. The fourth-order valence-corrected chi connectivity index (χ4v) is 4.56. The summed E-state index contributed by atoms with van der Waals surface area (Å²) in [6, 6.07) is 0.459. The van der Waals surface area contributed by atoms with E-state index in [1.807, 2.05) is 10.1 Å². The number of rotatable bonds is 5. The van der Waals surface area contributed by atoms with Crippen LogP contribution in [0.15, 0.2) is 17.8 Å². The Morgan fingerprint density at radius 1 is 1.54 bits per heavy atom. The molecule has 3 N–H and O–H groups in total. The Hall–Kier alpha value is -1.84. The van der Waals surface area contributed by atoms with Crippen molar-refractivity contribution in [3.05, 3.63) is 23.5 Å². The molecule has 3 aliphatic heterocycles. The van der Waals surface area contributed by atoms with Crippen LogP contribution in [-0.2, 0) is 17.9 Å². The number of nitrogens with one attached hydrogen (secondary N) is 2. The van der Waals surface area contributed by atoms with E-state index >= 15 is 0 Å². The molecule has 3 aliphatic rings. The van der Waals surface area contributed by atoms with Crippen molar-refractivity contribution in [3.63, 3.8) is 0 Å². The van der Waals surface area contributed by atoms with Gasteiger partial charge in [-0.1, -0.05) is 5.21 Å². The number of aliphatic hydroxyl groups excluding tert-OH is 1. The molecule has 9 heteroatoms. The minimum Gasteiger partial charge on any atom is -0.390 e. The summed E-state index contributed by atoms with van der Waals surface area (Å²) in [5.41, 5.74) is 0.599. The Balaban J connectivity index is 1.39. The van der Waals surface area contributed by atoms with Gasteiger partial charge in [-0.25, -0.2) is 9.67 Å². The summed E-state index contributed by atoms with van der Waals surface area (Å²) in [5, 5.41) is 22.6. The van der Waals surface area contributed by atoms with Crippen LogP contribution in [0.1, 0.15) is 18.5 Å². The number of aliphatic hydroxyl groups is 1. The minimum absolute atomic E-state index is 0.0673. The lowest BCUT2D eigenvalue weighted by molar-refractivity contribution is -0.945. The molecule has 8 nitrogen and oxygen atoms in total. The molecule has 0 saturated carbocycles. The van der Waals surface area contributed by atoms with E-state index < -0.39 is 0 Å². The summed E-state index contributed by atoms with van der Waals surface area (Å²) in [6.07, 6.45) is 5.63. The van der Waals surface area contributed by atoms with Crippen LogP contribution < -0.4 is 10.2 Å². The number of carbonyl (C=O) groups excluding carboxylic acids is 1. The Bertz CT molecular complexity index is 703. The number of carbonyl (C=O) groups is 1. The van der Waals surface area contributed by atoms with E-state index in [0.29, 0.717) is 22.8 Å². The highest BCUT2D eigenvalue weighted by molar-refractivity contribution is 7.13. The zero-order valence-electron chi connectivity index (χ0n) is 13.3. The maximum Gasteiger partial charge on any atom is 0.235 e. The van der Waals surface area contributed by atoms with Gasteiger partial charge in [-0.2, -0.15) is 0 Å². The largest absolute Gasteiger partial charge is 0.390 e. The maximum atomic E-state index is 12.5. The van der Waals surface area contributed by atoms with Crippen molar-refractivity contribution in [2.24, 2.45) is 11.8 Å². The van der Waals surface area contributed by atoms with Crippen molar-refractivity contribution in [2.75, 3.05) is 18.4 Å². The highest BCUT2D eigenvalue weighted by Crippen LogP contribution is 2.28. The van der Waals surface area contributed by atoms with Gasteiger partial charge in [0.15, 0.2) is 5.13 Å². The second-order valence-electron chi connectivity index (χ2n) is 6.62. The number of hydrogen-bond donors (Lipinski definition) is 3. The van der Waals surface area contributed by atoms with Crippen molar-refractivity contribution in [2.45, 2.75) is 32.0 Å². The Kier molecular flexibility index (Phi) is 4.30. The van der Waals surface area contributed by atoms with E-state index in [4.69, 9.17) is 5.11 Å². The van der Waals surface area contributed by atoms with E-state index in [1.54, 1.807) is 12.4 Å². The van der Waals surface area contributed by atoms with Crippen molar-refractivity contribution < 1.29 is 14.8 Å². The minimum atomic E-state index is -0.0805. The van der Waals surface area contributed by atoms with Crippen LogP contribution in [0, 0.1) is 11.8 Å². The van der Waals surface area contributed by atoms with E-state index in [0.717, 1.165) is 32.5 Å². The predicted octanol–water partition coefficient (Wildman–Crippen LogP) is -0.841. The molecule has 5 rings (SSSR count). The molecule has 5 heterocycles. The molecule has 0 spiro atoms. The third kappa shape index (κ3) is 3.06. The van der Waals surface area contributed by atoms with E-state index in [9.17, 15) is 4.79 Å². The topological polar surface area (TPSA) is 97.4 Å². The summed E-state index contributed by atoms with van der Waals surface area (Å²) >= 11 is 1.45. The fourth-order valence-electron chi connectivity index (χ4n) is 4.03. The number of nitrogens with zero attached hydrogens (tertiary/aromatic N) is 4. The van der Waals surface area contributed by atoms with Crippen LogP contribution in [0.4, 0.5) is 5.13 Å². The molecule has 2 aromatic rings. The maximum absolute atomic E-state index is 12.5. The van der Waals surface area contributed by atoms with Gasteiger partial charge < -0.3 is 15.3 Å². The van der Waals surface area contributed by atoms with Crippen molar-refractivity contribution in [3.8, 4) is 0 Å². The molecule has 2 bridgehead atoms. The molecular formula is C15H21N6O2S+. The second-order valence-corrected chi connectivity index (χ2v) is 7.51. The molecule has 3 saturated heterocycles. The highest BCUT2D eigenvalue weighted by Gasteiger charge is 2.46. The van der Waals surface area contributed by atoms with E-state index in [2.05, 4.69) is 20.6 Å². The summed E-state index contributed by atoms with van der Waals surface area (Å²) in [6.45, 7) is 2.69. The molecule has 1 amide bonds. The number of fused-ring (bicyclic) bond motifs is 3. The molecule has 2 aromatic heterocycles. The number of amides is 1. The van der Waals surface area contributed by atoms with Gasteiger partial charge in [0.25, 0.3) is 0 Å². The van der Waals surface area contributed by atoms with Crippen LogP contribution in [0.5, 0.6) is 0 Å². The quantitative estimate of drug-likeness (QED) is 0.654. The lowest BCUT2D eigenvalue weighted by Crippen LogP contribution is -3.20. The molecular weight excluding hydrogens is 328 g/mol. The van der Waals surface area contributed by atoms with Crippen LogP contribution >= 0.6 is 11.3 Å². The van der Waals surface area contributed by atoms with Crippen LogP contribution in [0.3, 0.4) is 0 Å². The molecule has 24 heavy (non-hydrogen) atoms. The smallest absolute Gasteiger partial charge is 0.235 e. The molecule has 128 valence electrons. The Morgan fingerprint density at radius 3 is 3.12 bits per heavy atom. The van der Waals surface area contributed by atoms with Gasteiger partial charge in [-0.15, -0.1) is 16.4 Å². The van der Waals surface area contributed by atoms with Gasteiger partial charge in [0.2, 0.25) is 5.91 Å². The number of aromatic nitrogens is 4. The van der Waals surface area contributed by atoms with Gasteiger partial charge in [0, 0.05) is 24.4 Å². The number of anilines is 1. The first kappa shape index (κ1) is 15.7. The lowest BCUT2D eigenvalue weighted by atomic mass is 9.75. The molecule has 0 radical (unpaired) electrons. The van der Waals surface area contributed by atoms with Gasteiger partial charge in [0.1, 0.15) is 11.7 Å². The van der Waals surface area contributed by atoms with Crippen molar-refractivity contribution >= 4 is 22.4 Å². The average Bonchev–Trinajstić information content (AvgIpc) is 3.27. The van der Waals surface area contributed by atoms with Crippen molar-refractivity contribution in [1.29, 1.82) is 0 Å². The zero-order chi connectivity index (χ0) is 16.5. The normalized spacial score (nSPS) is 28.9. The summed E-state index contributed by atoms with van der Waals surface area (Å²) in [4.78, 5) is 18.2. The summed E-state index contributed by atoms with van der Waals surface area (Å²) in [7, 11) is 0. The van der Waals surface area contributed by atoms with Gasteiger partial charge in [0.05, 0.1) is 38.4 Å². The number of quaternary nitrogens is 1. The second kappa shape index (κ2) is 6.58. The molecule has 0 aromatic carbocycles. The molecule has 0 aliphatic carbocycles. The van der Waals surface area contributed by atoms with E-state index in [-0.39, 0.29) is 18.4 Å². The van der Waals surface area contributed by atoms with Crippen LogP contribution in [-0.4, -0.2) is 50.1 Å². The highest BCUT2D eigenvalue weighted by atomic mass is 32.1. The SMILES string of the molecule is O=C(Nc1nccs1)[C@H]1C[NH+]2CC[C@@H]1C[C@@H]2Cn1cc(CO)nn1. The average molecular weight is 349 g/mol. The van der Waals surface area contributed by atoms with Crippen LogP contribution in [0.2, 0.25) is 0 Å². The first-order valence-corrected chi connectivity index (χ1v) is 9.15. The van der Waals surface area contributed by atoms with E-state index in [1.165, 1.54) is 16.2 Å². The summed E-state index contributed by atoms with van der Waals surface area (Å²) < 4.78 is 1.81. The monoisotopic (exact) mass is 349 g/mol. The zero-order valence-corrected chi connectivity index (χ0v) is 14.1. The van der Waals surface area contributed by atoms with Gasteiger partial charge in [-0.05, 0) is 5.92 Å². The first-order chi connectivity index (χ1) is 11.7. The standard InChI is InChI=1S/C15H20N6O2S/c22-9-11-6-21(19-18-11)7-12-5-10-1-3-20(12)8-13(10)14(23)17-15-16-2-4-24-15/h2,4,6,10,12-13,22H,1,3,5,7-9H2,(H,16,17,23)/p+1/t10-,12-,13+/m1/s1. The number of hydrogen-bond acceptors (Lipinski definition) is 6. The van der Waals surface area contributed by atoms with Crippen molar-refractivity contribution in [1.82, 2.24) is 20.0 Å². The van der Waals surface area contributed by atoms with Gasteiger partial charge >= 0.3 is 0 Å². The number of piperidine rings is 3. The Morgan fingerprint density at radius 2 is 2.46 bits per heavy atom. The van der Waals surface area contributed by atoms with Crippen LogP contribution in [0.25, 0.3) is 0 Å². The molecule has 1 unspecified atom stereocenters. The lowest BCUT2D eigenvalue weighted by Gasteiger charge is -2.46. The molecule has 4 atom stereocenters. The predicted molar refractivity (Wildman–Crippen MR) is 87.4 cm³/mol. The fraction of sp³-hybridized carbons (Fsp3) is 0.600. The Labute approximate surface area is 143 Å². The molecule has 3 fully saturated rings. The summed E-state index contributed by atoms with van der Waals surface area (Å²) in [5.74, 6) is 0.597.